The van der Waals surface area contributed by atoms with Crippen molar-refractivity contribution >= 4 is 22.3 Å². The van der Waals surface area contributed by atoms with Crippen LogP contribution in [-0.4, -0.2) is 29.9 Å². The molecule has 0 spiro atoms. The minimum absolute atomic E-state index is 0.526. The summed E-state index contributed by atoms with van der Waals surface area (Å²) in [5, 5.41) is 0.878. The molecule has 0 fully saturated rings. The molecular formula is C34H24N8. The minimum atomic E-state index is 0.526. The van der Waals surface area contributed by atoms with Gasteiger partial charge in [-0.25, -0.2) is 19.9 Å². The fourth-order valence-electron chi connectivity index (χ4n) is 4.93. The summed E-state index contributed by atoms with van der Waals surface area (Å²) in [7, 11) is 0. The summed E-state index contributed by atoms with van der Waals surface area (Å²) in [4.78, 5) is 30.0. The highest BCUT2D eigenvalue weighted by Gasteiger charge is 2.22. The van der Waals surface area contributed by atoms with Crippen LogP contribution >= 0.6 is 0 Å². The van der Waals surface area contributed by atoms with Gasteiger partial charge in [0, 0.05) is 64.3 Å². The zero-order valence-corrected chi connectivity index (χ0v) is 22.5. The molecule has 0 saturated carbocycles. The molecule has 0 atom stereocenters. The van der Waals surface area contributed by atoms with Crippen molar-refractivity contribution in [3.05, 3.63) is 134 Å². The molecule has 0 saturated heterocycles. The van der Waals surface area contributed by atoms with E-state index in [1.54, 1.807) is 24.8 Å². The maximum absolute atomic E-state index is 6.84. The van der Waals surface area contributed by atoms with Gasteiger partial charge in [-0.2, -0.15) is 0 Å². The monoisotopic (exact) mass is 544 g/mol. The molecular weight excluding hydrogens is 520 g/mol. The molecule has 1 aliphatic heterocycles. The third-order valence-corrected chi connectivity index (χ3v) is 6.98. The van der Waals surface area contributed by atoms with Crippen LogP contribution in [0.1, 0.15) is 0 Å². The van der Waals surface area contributed by atoms with Crippen LogP contribution in [0.2, 0.25) is 0 Å². The SMILES string of the molecule is C=C1C=CC=CN1c1c(-c2cccc(-c3nc(-c4ccncc4)nc(-c4cccnc4)n3)c2)nc2ccccc2c1N. The average Bonchev–Trinajstić information content (AvgIpc) is 3.06. The predicted octanol–water partition coefficient (Wildman–Crippen LogP) is 6.86. The fraction of sp³-hybridized carbons (Fsp3) is 0. The lowest BCUT2D eigenvalue weighted by molar-refractivity contribution is 1.07. The molecule has 0 aliphatic carbocycles. The molecule has 0 bridgehead atoms. The van der Waals surface area contributed by atoms with E-state index in [1.165, 1.54) is 0 Å². The van der Waals surface area contributed by atoms with E-state index in [-0.39, 0.29) is 0 Å². The van der Waals surface area contributed by atoms with Gasteiger partial charge in [0.1, 0.15) is 0 Å². The topological polar surface area (TPSA) is 107 Å². The normalized spacial score (nSPS) is 12.7. The number of hydrogen-bond donors (Lipinski definition) is 1. The van der Waals surface area contributed by atoms with Gasteiger partial charge >= 0.3 is 0 Å². The maximum Gasteiger partial charge on any atom is 0.165 e. The average molecular weight is 545 g/mol. The molecule has 42 heavy (non-hydrogen) atoms. The molecule has 0 unspecified atom stereocenters. The van der Waals surface area contributed by atoms with Crippen molar-refractivity contribution < 1.29 is 0 Å². The number of rotatable bonds is 5. The first-order chi connectivity index (χ1) is 20.7. The van der Waals surface area contributed by atoms with Gasteiger partial charge < -0.3 is 10.6 Å². The van der Waals surface area contributed by atoms with E-state index >= 15 is 0 Å². The Bertz CT molecular complexity index is 1960. The van der Waals surface area contributed by atoms with Crippen LogP contribution in [0.15, 0.2) is 134 Å². The van der Waals surface area contributed by atoms with Crippen molar-refractivity contribution in [1.29, 1.82) is 0 Å². The van der Waals surface area contributed by atoms with E-state index in [0.29, 0.717) is 23.2 Å². The molecule has 4 aromatic heterocycles. The standard InChI is InChI=1S/C34H24N8/c1-22-8-4-5-19-42(22)31-29(35)27-12-2-3-13-28(27)38-30(31)24-9-6-10-25(20-24)33-39-32(23-14-17-36-18-15-23)40-34(41-33)26-11-7-16-37-21-26/h2-21H,1H2,(H2,35,38). The number of anilines is 2. The number of aromatic nitrogens is 6. The molecule has 0 amide bonds. The van der Waals surface area contributed by atoms with E-state index in [1.807, 2.05) is 102 Å². The maximum atomic E-state index is 6.84. The predicted molar refractivity (Wildman–Crippen MR) is 167 cm³/mol. The number of pyridine rings is 3. The highest BCUT2D eigenvalue weighted by molar-refractivity contribution is 6.03. The number of hydrogen-bond acceptors (Lipinski definition) is 8. The van der Waals surface area contributed by atoms with Crippen LogP contribution in [-0.2, 0) is 0 Å². The smallest absolute Gasteiger partial charge is 0.165 e. The first-order valence-corrected chi connectivity index (χ1v) is 13.3. The van der Waals surface area contributed by atoms with Crippen LogP contribution in [0.3, 0.4) is 0 Å². The van der Waals surface area contributed by atoms with E-state index in [9.17, 15) is 0 Å². The van der Waals surface area contributed by atoms with Crippen LogP contribution in [0.4, 0.5) is 11.4 Å². The summed E-state index contributed by atoms with van der Waals surface area (Å²) in [6.07, 6.45) is 14.7. The Labute approximate surface area is 242 Å². The summed E-state index contributed by atoms with van der Waals surface area (Å²) < 4.78 is 0. The number of benzene rings is 2. The Morgan fingerprint density at radius 1 is 0.643 bits per heavy atom. The lowest BCUT2D eigenvalue weighted by Crippen LogP contribution is -2.18. The molecule has 0 radical (unpaired) electrons. The Morgan fingerprint density at radius 3 is 2.17 bits per heavy atom. The highest BCUT2D eigenvalue weighted by Crippen LogP contribution is 2.42. The second-order valence-electron chi connectivity index (χ2n) is 9.67. The molecule has 2 N–H and O–H groups in total. The minimum Gasteiger partial charge on any atom is -0.396 e. The number of nitrogen functional groups attached to an aromatic ring is 1. The van der Waals surface area contributed by atoms with Crippen LogP contribution in [0, 0.1) is 0 Å². The van der Waals surface area contributed by atoms with Crippen molar-refractivity contribution in [3.8, 4) is 45.4 Å². The Morgan fingerprint density at radius 2 is 1.38 bits per heavy atom. The highest BCUT2D eigenvalue weighted by atomic mass is 15.1. The largest absolute Gasteiger partial charge is 0.396 e. The van der Waals surface area contributed by atoms with Gasteiger partial charge in [0.2, 0.25) is 0 Å². The number of fused-ring (bicyclic) bond motifs is 1. The van der Waals surface area contributed by atoms with Crippen molar-refractivity contribution in [2.24, 2.45) is 0 Å². The summed E-state index contributed by atoms with van der Waals surface area (Å²) in [6.45, 7) is 4.24. The van der Waals surface area contributed by atoms with Crippen LogP contribution in [0.5, 0.6) is 0 Å². The Hall–Kier alpha value is -6.02. The number of para-hydroxylation sites is 1. The second kappa shape index (κ2) is 10.5. The van der Waals surface area contributed by atoms with Crippen molar-refractivity contribution in [2.45, 2.75) is 0 Å². The molecule has 7 rings (SSSR count). The number of allylic oxidation sites excluding steroid dienone is 3. The zero-order chi connectivity index (χ0) is 28.5. The summed E-state index contributed by atoms with van der Waals surface area (Å²) in [6, 6.07) is 23.4. The van der Waals surface area contributed by atoms with Crippen molar-refractivity contribution in [1.82, 2.24) is 29.9 Å². The molecule has 8 nitrogen and oxygen atoms in total. The number of nitrogens with zero attached hydrogens (tertiary/aromatic N) is 7. The number of nitrogens with two attached hydrogens (primary N) is 1. The second-order valence-corrected chi connectivity index (χ2v) is 9.67. The van der Waals surface area contributed by atoms with E-state index in [4.69, 9.17) is 25.7 Å². The molecule has 5 heterocycles. The molecule has 8 heteroatoms. The van der Waals surface area contributed by atoms with Gasteiger partial charge in [-0.05, 0) is 48.6 Å². The van der Waals surface area contributed by atoms with Gasteiger partial charge in [-0.3, -0.25) is 9.97 Å². The molecule has 200 valence electrons. The van der Waals surface area contributed by atoms with E-state index in [0.717, 1.165) is 50.2 Å². The lowest BCUT2D eigenvalue weighted by Gasteiger charge is -2.27. The van der Waals surface area contributed by atoms with Gasteiger partial charge in [0.05, 0.1) is 22.6 Å². The summed E-state index contributed by atoms with van der Waals surface area (Å²) in [5.41, 5.74) is 13.9. The lowest BCUT2D eigenvalue weighted by atomic mass is 10.0. The summed E-state index contributed by atoms with van der Waals surface area (Å²) >= 11 is 0. The molecule has 2 aromatic carbocycles. The first-order valence-electron chi connectivity index (χ1n) is 13.3. The fourth-order valence-corrected chi connectivity index (χ4v) is 4.93. The third-order valence-electron chi connectivity index (χ3n) is 6.98. The van der Waals surface area contributed by atoms with Gasteiger partial charge in [0.15, 0.2) is 17.5 Å². The zero-order valence-electron chi connectivity index (χ0n) is 22.5. The van der Waals surface area contributed by atoms with E-state index < -0.39 is 0 Å². The third kappa shape index (κ3) is 4.56. The molecule has 6 aromatic rings. The van der Waals surface area contributed by atoms with Crippen molar-refractivity contribution in [3.63, 3.8) is 0 Å². The van der Waals surface area contributed by atoms with Gasteiger partial charge in [-0.15, -0.1) is 0 Å². The van der Waals surface area contributed by atoms with E-state index in [2.05, 4.69) is 16.5 Å². The molecule has 1 aliphatic rings. The van der Waals surface area contributed by atoms with Crippen LogP contribution < -0.4 is 10.6 Å². The van der Waals surface area contributed by atoms with Crippen LogP contribution in [0.25, 0.3) is 56.3 Å². The Kier molecular flexibility index (Phi) is 6.25. The van der Waals surface area contributed by atoms with Crippen molar-refractivity contribution in [2.75, 3.05) is 10.6 Å². The summed E-state index contributed by atoms with van der Waals surface area (Å²) in [5.74, 6) is 1.60. The van der Waals surface area contributed by atoms with Gasteiger partial charge in [0.25, 0.3) is 0 Å². The Balaban J connectivity index is 1.42. The quantitative estimate of drug-likeness (QED) is 0.251. The van der Waals surface area contributed by atoms with Gasteiger partial charge in [-0.1, -0.05) is 49.1 Å². The first kappa shape index (κ1) is 25.0.